The molecule has 5 heteroatoms. The third-order valence-corrected chi connectivity index (χ3v) is 0.666. The Labute approximate surface area is 45.6 Å². The molecule has 3 N–H and O–H groups in total. The molecule has 8 heavy (non-hydrogen) atoms. The number of carbonyl (C=O) groups excluding carboxylic acids is 1. The van der Waals surface area contributed by atoms with Gasteiger partial charge in [-0.2, -0.15) is 5.01 Å². The second kappa shape index (κ2) is 1.71. The second-order valence-electron chi connectivity index (χ2n) is 1.20. The second-order valence-corrected chi connectivity index (χ2v) is 1.20. The van der Waals surface area contributed by atoms with Crippen molar-refractivity contribution in [1.29, 1.82) is 0 Å². The highest BCUT2D eigenvalue weighted by molar-refractivity contribution is 5.72. The number of hydrazine groups is 1. The van der Waals surface area contributed by atoms with Crippen LogP contribution in [0.25, 0.3) is 0 Å². The number of primary amides is 1. The Morgan fingerprint density at radius 1 is 1.88 bits per heavy atom. The van der Waals surface area contributed by atoms with E-state index in [-0.39, 0.29) is 0 Å². The minimum absolute atomic E-state index is 0.598. The van der Waals surface area contributed by atoms with Gasteiger partial charge >= 0.3 is 6.03 Å². The fraction of sp³-hybridized carbons (Fsp3) is 0. The van der Waals surface area contributed by atoms with E-state index < -0.39 is 6.03 Å². The standard InChI is InChI=1S/C3H5N3O2/c4-3(7)6-1-2-8-5-6/h1-2,5H,(H2,4,7). The number of urea groups is 1. The molecule has 0 aromatic carbocycles. The summed E-state index contributed by atoms with van der Waals surface area (Å²) in [5.41, 5.74) is 6.99. The first-order valence-electron chi connectivity index (χ1n) is 1.97. The first kappa shape index (κ1) is 4.92. The maximum Gasteiger partial charge on any atom is 0.335 e. The zero-order valence-electron chi connectivity index (χ0n) is 4.00. The monoisotopic (exact) mass is 115 g/mol. The topological polar surface area (TPSA) is 67.6 Å². The van der Waals surface area contributed by atoms with E-state index in [4.69, 9.17) is 5.73 Å². The van der Waals surface area contributed by atoms with E-state index in [0.29, 0.717) is 0 Å². The van der Waals surface area contributed by atoms with Gasteiger partial charge in [0.1, 0.15) is 6.26 Å². The summed E-state index contributed by atoms with van der Waals surface area (Å²) in [6.07, 6.45) is 2.69. The van der Waals surface area contributed by atoms with Gasteiger partial charge in [0.15, 0.2) is 0 Å². The number of hydrogen-bond acceptors (Lipinski definition) is 3. The Bertz CT molecular complexity index is 132. The summed E-state index contributed by atoms with van der Waals surface area (Å²) in [7, 11) is 0. The number of carbonyl (C=O) groups is 1. The normalized spacial score (nSPS) is 16.2. The van der Waals surface area contributed by atoms with Crippen LogP contribution in [-0.4, -0.2) is 11.0 Å². The number of amides is 2. The zero-order valence-corrected chi connectivity index (χ0v) is 4.00. The molecule has 0 saturated heterocycles. The van der Waals surface area contributed by atoms with E-state index in [1.54, 1.807) is 0 Å². The maximum atomic E-state index is 10.2. The van der Waals surface area contributed by atoms with Gasteiger partial charge in [-0.15, -0.1) is 0 Å². The van der Waals surface area contributed by atoms with Crippen molar-refractivity contribution in [2.75, 3.05) is 0 Å². The molecule has 0 aromatic rings. The predicted molar refractivity (Wildman–Crippen MR) is 24.8 cm³/mol. The number of hydrogen-bond donors (Lipinski definition) is 2. The minimum Gasteiger partial charge on any atom is -0.395 e. The van der Waals surface area contributed by atoms with Gasteiger partial charge in [-0.25, -0.2) is 4.79 Å². The van der Waals surface area contributed by atoms with Crippen molar-refractivity contribution in [2.24, 2.45) is 5.73 Å². The predicted octanol–water partition coefficient (Wildman–Crippen LogP) is -0.712. The fourth-order valence-corrected chi connectivity index (χ4v) is 0.327. The van der Waals surface area contributed by atoms with Crippen molar-refractivity contribution in [2.45, 2.75) is 0 Å². The van der Waals surface area contributed by atoms with Crippen LogP contribution in [0.15, 0.2) is 12.5 Å². The lowest BCUT2D eigenvalue weighted by atomic mass is 10.9. The summed E-state index contributed by atoms with van der Waals surface area (Å²) in [6.45, 7) is 0. The van der Waals surface area contributed by atoms with Crippen LogP contribution < -0.4 is 11.3 Å². The lowest BCUT2D eigenvalue weighted by molar-refractivity contribution is 0.0590. The van der Waals surface area contributed by atoms with E-state index in [0.717, 1.165) is 5.01 Å². The molecule has 2 amide bonds. The van der Waals surface area contributed by atoms with Gasteiger partial charge in [0.25, 0.3) is 0 Å². The fourth-order valence-electron chi connectivity index (χ4n) is 0.327. The van der Waals surface area contributed by atoms with Crippen molar-refractivity contribution in [3.63, 3.8) is 0 Å². The smallest absolute Gasteiger partial charge is 0.335 e. The Balaban J connectivity index is 2.48. The van der Waals surface area contributed by atoms with Crippen LogP contribution in [0, 0.1) is 0 Å². The van der Waals surface area contributed by atoms with Gasteiger partial charge in [-0.3, -0.25) is 0 Å². The molecule has 0 fully saturated rings. The molecular weight excluding hydrogens is 110 g/mol. The number of nitrogens with two attached hydrogens (primary N) is 1. The first-order valence-corrected chi connectivity index (χ1v) is 1.97. The molecule has 44 valence electrons. The molecule has 0 aliphatic carbocycles. The van der Waals surface area contributed by atoms with Gasteiger partial charge in [-0.1, -0.05) is 5.59 Å². The molecule has 0 bridgehead atoms. The first-order chi connectivity index (χ1) is 3.80. The minimum atomic E-state index is -0.598. The average molecular weight is 115 g/mol. The molecule has 1 aliphatic heterocycles. The molecule has 1 rings (SSSR count). The lowest BCUT2D eigenvalue weighted by Crippen LogP contribution is -2.37. The average Bonchev–Trinajstić information content (AvgIpc) is 2.12. The van der Waals surface area contributed by atoms with Crippen LogP contribution in [0.2, 0.25) is 0 Å². The molecule has 5 nitrogen and oxygen atoms in total. The number of rotatable bonds is 0. The Hall–Kier alpha value is -1.23. The molecule has 1 heterocycles. The molecule has 1 aliphatic rings. The van der Waals surface area contributed by atoms with Gasteiger partial charge in [0, 0.05) is 0 Å². The van der Waals surface area contributed by atoms with Crippen LogP contribution in [0.3, 0.4) is 0 Å². The third-order valence-electron chi connectivity index (χ3n) is 0.666. The van der Waals surface area contributed by atoms with Crippen LogP contribution in [-0.2, 0) is 4.84 Å². The van der Waals surface area contributed by atoms with E-state index in [2.05, 4.69) is 10.4 Å². The molecular formula is C3H5N3O2. The SMILES string of the molecule is NC(=O)N1C=CON1. The van der Waals surface area contributed by atoms with Gasteiger partial charge < -0.3 is 10.6 Å². The van der Waals surface area contributed by atoms with Gasteiger partial charge in [0.2, 0.25) is 0 Å². The summed E-state index contributed by atoms with van der Waals surface area (Å²) < 4.78 is 0. The van der Waals surface area contributed by atoms with Crippen molar-refractivity contribution in [3.05, 3.63) is 12.5 Å². The Kier molecular flexibility index (Phi) is 1.05. The van der Waals surface area contributed by atoms with E-state index in [1.807, 2.05) is 0 Å². The largest absolute Gasteiger partial charge is 0.395 e. The van der Waals surface area contributed by atoms with Gasteiger partial charge in [0.05, 0.1) is 6.20 Å². The molecule has 0 spiro atoms. The van der Waals surface area contributed by atoms with Crippen LogP contribution in [0.5, 0.6) is 0 Å². The van der Waals surface area contributed by atoms with Gasteiger partial charge in [-0.05, 0) is 0 Å². The summed E-state index contributed by atoms with van der Waals surface area (Å²) in [5.74, 6) is 0. The van der Waals surface area contributed by atoms with Crippen molar-refractivity contribution in [3.8, 4) is 0 Å². The molecule has 0 radical (unpaired) electrons. The van der Waals surface area contributed by atoms with Crippen molar-refractivity contribution >= 4 is 6.03 Å². The number of nitrogens with zero attached hydrogens (tertiary/aromatic N) is 1. The maximum absolute atomic E-state index is 10.2. The zero-order chi connectivity index (χ0) is 5.98. The third kappa shape index (κ3) is 0.710. The summed E-state index contributed by atoms with van der Waals surface area (Å²) in [5, 5.41) is 1.01. The quantitative estimate of drug-likeness (QED) is 0.438. The summed E-state index contributed by atoms with van der Waals surface area (Å²) in [4.78, 5) is 14.6. The van der Waals surface area contributed by atoms with Crippen molar-refractivity contribution in [1.82, 2.24) is 10.6 Å². The van der Waals surface area contributed by atoms with E-state index >= 15 is 0 Å². The van der Waals surface area contributed by atoms with E-state index in [9.17, 15) is 4.79 Å². The summed E-state index contributed by atoms with van der Waals surface area (Å²) in [6, 6.07) is -0.598. The van der Waals surface area contributed by atoms with Crippen molar-refractivity contribution < 1.29 is 9.63 Å². The lowest BCUT2D eigenvalue weighted by Gasteiger charge is -2.05. The Morgan fingerprint density at radius 2 is 2.62 bits per heavy atom. The molecule has 0 aromatic heterocycles. The highest BCUT2D eigenvalue weighted by atomic mass is 16.7. The van der Waals surface area contributed by atoms with Crippen LogP contribution in [0.1, 0.15) is 0 Å². The molecule has 0 unspecified atom stereocenters. The highest BCUT2D eigenvalue weighted by Gasteiger charge is 2.08. The Morgan fingerprint density at radius 3 is 2.88 bits per heavy atom. The van der Waals surface area contributed by atoms with E-state index in [1.165, 1.54) is 12.5 Å². The summed E-state index contributed by atoms with van der Waals surface area (Å²) >= 11 is 0. The highest BCUT2D eigenvalue weighted by Crippen LogP contribution is 1.91. The number of nitrogens with one attached hydrogen (secondary N) is 1. The van der Waals surface area contributed by atoms with Crippen LogP contribution >= 0.6 is 0 Å². The van der Waals surface area contributed by atoms with Crippen LogP contribution in [0.4, 0.5) is 4.79 Å². The molecule has 0 atom stereocenters. The molecule has 0 saturated carbocycles.